The highest BCUT2D eigenvalue weighted by molar-refractivity contribution is 5.34. The van der Waals surface area contributed by atoms with Gasteiger partial charge in [0.05, 0.1) is 4.92 Å². The number of hydrogen-bond donors (Lipinski definition) is 1. The summed E-state index contributed by atoms with van der Waals surface area (Å²) in [6.45, 7) is 2.00. The van der Waals surface area contributed by atoms with Crippen molar-refractivity contribution >= 4 is 5.69 Å². The van der Waals surface area contributed by atoms with Crippen LogP contribution in [0.15, 0.2) is 24.3 Å². The molecule has 5 nitrogen and oxygen atoms in total. The molecule has 15 heavy (non-hydrogen) atoms. The molecule has 0 aliphatic carbocycles. The highest BCUT2D eigenvalue weighted by Crippen LogP contribution is 2.14. The molecule has 1 heterocycles. The molecule has 0 atom stereocenters. The minimum absolute atomic E-state index is 0.0159. The van der Waals surface area contributed by atoms with Gasteiger partial charge in [0.1, 0.15) is 5.75 Å². The summed E-state index contributed by atoms with van der Waals surface area (Å²) in [5, 5.41) is 18.8. The Bertz CT molecular complexity index is 298. The standard InChI is InChI=1S/C6H5NO3.C4H8O/c8-6-3-1-5(2-4-6)7(9)10;1-2-4-5-3-1/h1-4,8H;1-4H2. The molecule has 0 spiro atoms. The molecule has 0 unspecified atom stereocenters. The minimum Gasteiger partial charge on any atom is -0.508 e. The minimum atomic E-state index is -0.514. The van der Waals surface area contributed by atoms with E-state index >= 15 is 0 Å². The van der Waals surface area contributed by atoms with Crippen molar-refractivity contribution in [1.29, 1.82) is 0 Å². The van der Waals surface area contributed by atoms with Crippen LogP contribution in [0, 0.1) is 10.1 Å². The molecule has 0 saturated carbocycles. The first-order chi connectivity index (χ1) is 7.20. The lowest BCUT2D eigenvalue weighted by atomic mass is 10.3. The number of nitro groups is 1. The summed E-state index contributed by atoms with van der Waals surface area (Å²) < 4.78 is 4.94. The van der Waals surface area contributed by atoms with Gasteiger partial charge in [0.2, 0.25) is 0 Å². The van der Waals surface area contributed by atoms with Crippen LogP contribution in [0.4, 0.5) is 5.69 Å². The Hall–Kier alpha value is -1.62. The number of phenolic OH excluding ortho intramolecular Hbond substituents is 1. The second-order valence-corrected chi connectivity index (χ2v) is 3.09. The molecule has 2 rings (SSSR count). The highest BCUT2D eigenvalue weighted by atomic mass is 16.6. The number of phenols is 1. The zero-order chi connectivity index (χ0) is 11.1. The van der Waals surface area contributed by atoms with Crippen LogP contribution in [0.2, 0.25) is 0 Å². The van der Waals surface area contributed by atoms with Crippen molar-refractivity contribution in [1.82, 2.24) is 0 Å². The van der Waals surface area contributed by atoms with Crippen LogP contribution in [0.3, 0.4) is 0 Å². The molecule has 1 fully saturated rings. The maximum absolute atomic E-state index is 10.0. The molecule has 82 valence electrons. The van der Waals surface area contributed by atoms with Crippen LogP contribution in [-0.2, 0) is 4.74 Å². The Morgan fingerprint density at radius 1 is 1.20 bits per heavy atom. The number of aromatic hydroxyl groups is 1. The highest BCUT2D eigenvalue weighted by Gasteiger charge is 2.01. The third-order valence-electron chi connectivity index (χ3n) is 1.89. The molecule has 1 aromatic rings. The summed E-state index contributed by atoms with van der Waals surface area (Å²) in [5.41, 5.74) is -0.0159. The summed E-state index contributed by atoms with van der Waals surface area (Å²) in [4.78, 5) is 9.52. The molecular formula is C10H13NO4. The molecule has 0 aromatic heterocycles. The van der Waals surface area contributed by atoms with Crippen molar-refractivity contribution in [2.75, 3.05) is 13.2 Å². The number of hydrogen-bond acceptors (Lipinski definition) is 4. The lowest BCUT2D eigenvalue weighted by Gasteiger charge is -1.89. The van der Waals surface area contributed by atoms with E-state index in [4.69, 9.17) is 9.84 Å². The van der Waals surface area contributed by atoms with Crippen molar-refractivity contribution < 1.29 is 14.8 Å². The molecule has 0 bridgehead atoms. The SMILES string of the molecule is C1CCOC1.O=[N+]([O-])c1ccc(O)cc1. The van der Waals surface area contributed by atoms with Gasteiger partial charge < -0.3 is 9.84 Å². The zero-order valence-corrected chi connectivity index (χ0v) is 8.26. The summed E-state index contributed by atoms with van der Waals surface area (Å²) in [6, 6.07) is 5.04. The van der Waals surface area contributed by atoms with E-state index < -0.39 is 4.92 Å². The van der Waals surface area contributed by atoms with E-state index in [-0.39, 0.29) is 11.4 Å². The smallest absolute Gasteiger partial charge is 0.269 e. The topological polar surface area (TPSA) is 72.6 Å². The molecule has 1 aromatic carbocycles. The van der Waals surface area contributed by atoms with Crippen molar-refractivity contribution in [2.24, 2.45) is 0 Å². The number of rotatable bonds is 1. The lowest BCUT2D eigenvalue weighted by molar-refractivity contribution is -0.384. The van der Waals surface area contributed by atoms with Crippen molar-refractivity contribution in [3.63, 3.8) is 0 Å². The number of benzene rings is 1. The molecule has 1 N–H and O–H groups in total. The lowest BCUT2D eigenvalue weighted by Crippen LogP contribution is -1.85. The maximum Gasteiger partial charge on any atom is 0.269 e. The van der Waals surface area contributed by atoms with Crippen molar-refractivity contribution in [2.45, 2.75) is 12.8 Å². The Morgan fingerprint density at radius 2 is 1.73 bits per heavy atom. The van der Waals surface area contributed by atoms with E-state index in [0.29, 0.717) is 0 Å². The maximum atomic E-state index is 10.0. The van der Waals surface area contributed by atoms with E-state index in [1.165, 1.54) is 37.1 Å². The Kier molecular flexibility index (Phi) is 4.56. The first-order valence-electron chi connectivity index (χ1n) is 4.71. The van der Waals surface area contributed by atoms with Gasteiger partial charge in [0, 0.05) is 25.3 Å². The van der Waals surface area contributed by atoms with Gasteiger partial charge in [-0.05, 0) is 25.0 Å². The molecule has 5 heteroatoms. The number of non-ortho nitro benzene ring substituents is 1. The monoisotopic (exact) mass is 211 g/mol. The number of nitrogens with zero attached hydrogens (tertiary/aromatic N) is 1. The van der Waals surface area contributed by atoms with Gasteiger partial charge in [-0.3, -0.25) is 10.1 Å². The summed E-state index contributed by atoms with van der Waals surface area (Å²) >= 11 is 0. The largest absolute Gasteiger partial charge is 0.508 e. The second-order valence-electron chi connectivity index (χ2n) is 3.09. The van der Waals surface area contributed by atoms with E-state index in [9.17, 15) is 10.1 Å². The van der Waals surface area contributed by atoms with Gasteiger partial charge in [-0.25, -0.2) is 0 Å². The third kappa shape index (κ3) is 4.42. The van der Waals surface area contributed by atoms with Crippen molar-refractivity contribution in [3.05, 3.63) is 34.4 Å². The number of nitro benzene ring substituents is 1. The number of ether oxygens (including phenoxy) is 1. The summed E-state index contributed by atoms with van der Waals surface area (Å²) in [7, 11) is 0. The van der Waals surface area contributed by atoms with Crippen LogP contribution in [0.5, 0.6) is 5.75 Å². The molecule has 1 aliphatic heterocycles. The predicted molar refractivity (Wildman–Crippen MR) is 54.8 cm³/mol. The Balaban J connectivity index is 0.000000187. The Labute approximate surface area is 87.5 Å². The average molecular weight is 211 g/mol. The van der Waals surface area contributed by atoms with E-state index in [0.717, 1.165) is 13.2 Å². The summed E-state index contributed by atoms with van der Waals surface area (Å²) in [5.74, 6) is 0.0330. The summed E-state index contributed by atoms with van der Waals surface area (Å²) in [6.07, 6.45) is 2.56. The van der Waals surface area contributed by atoms with Crippen LogP contribution in [0.25, 0.3) is 0 Å². The normalized spacial score (nSPS) is 14.1. The van der Waals surface area contributed by atoms with E-state index in [2.05, 4.69) is 0 Å². The van der Waals surface area contributed by atoms with Crippen molar-refractivity contribution in [3.8, 4) is 5.75 Å². The van der Waals surface area contributed by atoms with E-state index in [1.807, 2.05) is 0 Å². The fourth-order valence-corrected chi connectivity index (χ4v) is 1.08. The second kappa shape index (κ2) is 5.98. The first-order valence-corrected chi connectivity index (χ1v) is 4.71. The molecule has 1 saturated heterocycles. The van der Waals surface area contributed by atoms with Gasteiger partial charge in [-0.2, -0.15) is 0 Å². The predicted octanol–water partition coefficient (Wildman–Crippen LogP) is 2.10. The quantitative estimate of drug-likeness (QED) is 0.570. The zero-order valence-electron chi connectivity index (χ0n) is 8.26. The molecule has 1 aliphatic rings. The average Bonchev–Trinajstić information content (AvgIpc) is 2.76. The third-order valence-corrected chi connectivity index (χ3v) is 1.89. The van der Waals surface area contributed by atoms with Gasteiger partial charge >= 0.3 is 0 Å². The first kappa shape index (κ1) is 11.5. The van der Waals surface area contributed by atoms with Crippen LogP contribution in [0.1, 0.15) is 12.8 Å². The van der Waals surface area contributed by atoms with Gasteiger partial charge in [-0.15, -0.1) is 0 Å². The van der Waals surface area contributed by atoms with E-state index in [1.54, 1.807) is 0 Å². The van der Waals surface area contributed by atoms with Crippen LogP contribution >= 0.6 is 0 Å². The molecular weight excluding hydrogens is 198 g/mol. The molecule has 0 radical (unpaired) electrons. The van der Waals surface area contributed by atoms with Gasteiger partial charge in [0.25, 0.3) is 5.69 Å². The Morgan fingerprint density at radius 3 is 2.07 bits per heavy atom. The van der Waals surface area contributed by atoms with Gasteiger partial charge in [-0.1, -0.05) is 0 Å². The van der Waals surface area contributed by atoms with Crippen LogP contribution < -0.4 is 0 Å². The fraction of sp³-hybridized carbons (Fsp3) is 0.400. The van der Waals surface area contributed by atoms with Crippen LogP contribution in [-0.4, -0.2) is 23.2 Å². The molecule has 0 amide bonds. The van der Waals surface area contributed by atoms with Gasteiger partial charge in [0.15, 0.2) is 0 Å². The fourth-order valence-electron chi connectivity index (χ4n) is 1.08.